The fourth-order valence-corrected chi connectivity index (χ4v) is 2.10. The van der Waals surface area contributed by atoms with Crippen LogP contribution in [0.1, 0.15) is 12.8 Å². The van der Waals surface area contributed by atoms with E-state index in [4.69, 9.17) is 16.3 Å². The maximum absolute atomic E-state index is 5.85. The minimum atomic E-state index is 0.277. The van der Waals surface area contributed by atoms with Gasteiger partial charge in [0.1, 0.15) is 0 Å². The van der Waals surface area contributed by atoms with Crippen LogP contribution in [0.2, 0.25) is 5.02 Å². The summed E-state index contributed by atoms with van der Waals surface area (Å²) in [4.78, 5) is 0. The predicted octanol–water partition coefficient (Wildman–Crippen LogP) is 1.30. The molecule has 0 bridgehead atoms. The fraction of sp³-hybridized carbons (Fsp3) is 0.700. The molecule has 4 nitrogen and oxygen atoms in total. The van der Waals surface area contributed by atoms with E-state index in [9.17, 15) is 0 Å². The molecule has 2 atom stereocenters. The molecular weight excluding hydrogens is 214 g/mol. The van der Waals surface area contributed by atoms with Gasteiger partial charge in [-0.25, -0.2) is 0 Å². The van der Waals surface area contributed by atoms with Gasteiger partial charge in [-0.3, -0.25) is 4.68 Å². The van der Waals surface area contributed by atoms with Crippen molar-refractivity contribution < 1.29 is 4.74 Å². The highest BCUT2D eigenvalue weighted by Gasteiger charge is 2.24. The summed E-state index contributed by atoms with van der Waals surface area (Å²) in [5.74, 6) is 0. The number of hydrogen-bond acceptors (Lipinski definition) is 3. The minimum Gasteiger partial charge on any atom is -0.372 e. The Kier molecular flexibility index (Phi) is 3.61. The lowest BCUT2D eigenvalue weighted by Gasteiger charge is -2.13. The van der Waals surface area contributed by atoms with E-state index in [2.05, 4.69) is 10.4 Å². The first kappa shape index (κ1) is 10.9. The Morgan fingerprint density at radius 2 is 2.40 bits per heavy atom. The SMILES string of the molecule is CNCC1CCC(Cn2cc(Cl)cn2)O1. The second-order valence-electron chi connectivity index (χ2n) is 3.90. The van der Waals surface area contributed by atoms with Crippen molar-refractivity contribution in [2.24, 2.45) is 0 Å². The van der Waals surface area contributed by atoms with Gasteiger partial charge in [-0.05, 0) is 19.9 Å². The van der Waals surface area contributed by atoms with E-state index in [-0.39, 0.29) is 6.10 Å². The molecule has 1 saturated heterocycles. The van der Waals surface area contributed by atoms with Crippen LogP contribution in [0.3, 0.4) is 0 Å². The predicted molar refractivity (Wildman–Crippen MR) is 59.1 cm³/mol. The standard InChI is InChI=1S/C10H16ClN3O/c1-12-5-9-2-3-10(15-9)7-14-6-8(11)4-13-14/h4,6,9-10,12H,2-3,5,7H2,1H3. The first-order valence-electron chi connectivity index (χ1n) is 5.26. The first-order chi connectivity index (χ1) is 7.28. The van der Waals surface area contributed by atoms with Crippen molar-refractivity contribution >= 4 is 11.6 Å². The molecular formula is C10H16ClN3O. The van der Waals surface area contributed by atoms with Gasteiger partial charge in [0.15, 0.2) is 0 Å². The molecule has 2 heterocycles. The molecule has 2 rings (SSSR count). The molecule has 5 heteroatoms. The number of rotatable bonds is 4. The average Bonchev–Trinajstić information content (AvgIpc) is 2.78. The normalized spacial score (nSPS) is 26.0. The van der Waals surface area contributed by atoms with Gasteiger partial charge in [0, 0.05) is 12.7 Å². The van der Waals surface area contributed by atoms with E-state index >= 15 is 0 Å². The highest BCUT2D eigenvalue weighted by molar-refractivity contribution is 6.30. The monoisotopic (exact) mass is 229 g/mol. The number of nitrogens with zero attached hydrogens (tertiary/aromatic N) is 2. The van der Waals surface area contributed by atoms with Gasteiger partial charge >= 0.3 is 0 Å². The lowest BCUT2D eigenvalue weighted by atomic mass is 10.2. The van der Waals surface area contributed by atoms with Crippen LogP contribution in [0.15, 0.2) is 12.4 Å². The van der Waals surface area contributed by atoms with E-state index in [1.165, 1.54) is 0 Å². The van der Waals surface area contributed by atoms with Crippen molar-refractivity contribution in [2.45, 2.75) is 31.6 Å². The Morgan fingerprint density at radius 3 is 3.07 bits per heavy atom. The van der Waals surface area contributed by atoms with Crippen LogP contribution >= 0.6 is 11.6 Å². The third-order valence-electron chi connectivity index (χ3n) is 2.62. The van der Waals surface area contributed by atoms with E-state index in [0.717, 1.165) is 25.9 Å². The van der Waals surface area contributed by atoms with E-state index in [1.54, 1.807) is 6.20 Å². The minimum absolute atomic E-state index is 0.277. The van der Waals surface area contributed by atoms with Gasteiger partial charge < -0.3 is 10.1 Å². The largest absolute Gasteiger partial charge is 0.372 e. The summed E-state index contributed by atoms with van der Waals surface area (Å²) >= 11 is 5.79. The number of likely N-dealkylation sites (N-methyl/N-ethyl adjacent to an activating group) is 1. The Hall–Kier alpha value is -0.580. The van der Waals surface area contributed by atoms with Crippen LogP contribution in [-0.2, 0) is 11.3 Å². The first-order valence-corrected chi connectivity index (χ1v) is 5.63. The molecule has 1 aliphatic heterocycles. The summed E-state index contributed by atoms with van der Waals surface area (Å²) in [5.41, 5.74) is 0. The molecule has 0 aliphatic carbocycles. The summed E-state index contributed by atoms with van der Waals surface area (Å²) in [6.07, 6.45) is 6.34. The van der Waals surface area contributed by atoms with Crippen molar-refractivity contribution in [2.75, 3.05) is 13.6 Å². The van der Waals surface area contributed by atoms with Gasteiger partial charge in [0.05, 0.1) is 30.0 Å². The molecule has 1 aromatic rings. The molecule has 0 amide bonds. The second kappa shape index (κ2) is 4.96. The topological polar surface area (TPSA) is 39.1 Å². The molecule has 1 N–H and O–H groups in total. The molecule has 0 saturated carbocycles. The van der Waals surface area contributed by atoms with Gasteiger partial charge in [-0.1, -0.05) is 11.6 Å². The van der Waals surface area contributed by atoms with E-state index < -0.39 is 0 Å². The third kappa shape index (κ3) is 2.93. The smallest absolute Gasteiger partial charge is 0.0785 e. The molecule has 1 fully saturated rings. The van der Waals surface area contributed by atoms with Crippen molar-refractivity contribution in [3.8, 4) is 0 Å². The second-order valence-corrected chi connectivity index (χ2v) is 4.33. The van der Waals surface area contributed by atoms with E-state index in [0.29, 0.717) is 11.1 Å². The Labute approximate surface area is 94.6 Å². The summed E-state index contributed by atoms with van der Waals surface area (Å²) in [6, 6.07) is 0. The summed E-state index contributed by atoms with van der Waals surface area (Å²) in [6.45, 7) is 1.73. The zero-order valence-electron chi connectivity index (χ0n) is 8.82. The molecule has 0 aromatic carbocycles. The fourth-order valence-electron chi connectivity index (χ4n) is 1.94. The van der Waals surface area contributed by atoms with Crippen LogP contribution in [0, 0.1) is 0 Å². The highest BCUT2D eigenvalue weighted by atomic mass is 35.5. The molecule has 15 heavy (non-hydrogen) atoms. The Balaban J connectivity index is 1.82. The third-order valence-corrected chi connectivity index (χ3v) is 2.81. The molecule has 1 aliphatic rings. The van der Waals surface area contributed by atoms with E-state index in [1.807, 2.05) is 17.9 Å². The maximum atomic E-state index is 5.85. The van der Waals surface area contributed by atoms with Crippen molar-refractivity contribution in [3.05, 3.63) is 17.4 Å². The number of hydrogen-bond donors (Lipinski definition) is 1. The van der Waals surface area contributed by atoms with Crippen LogP contribution < -0.4 is 5.32 Å². The van der Waals surface area contributed by atoms with Gasteiger partial charge in [-0.2, -0.15) is 5.10 Å². The van der Waals surface area contributed by atoms with Crippen molar-refractivity contribution in [1.29, 1.82) is 0 Å². The summed E-state index contributed by atoms with van der Waals surface area (Å²) in [5, 5.41) is 7.95. The molecule has 0 spiro atoms. The number of nitrogens with one attached hydrogen (secondary N) is 1. The summed E-state index contributed by atoms with van der Waals surface area (Å²) < 4.78 is 7.69. The molecule has 0 radical (unpaired) electrons. The van der Waals surface area contributed by atoms with Gasteiger partial charge in [0.2, 0.25) is 0 Å². The van der Waals surface area contributed by atoms with Crippen LogP contribution in [-0.4, -0.2) is 35.6 Å². The molecule has 84 valence electrons. The molecule has 1 aromatic heterocycles. The summed E-state index contributed by atoms with van der Waals surface area (Å²) in [7, 11) is 1.95. The highest BCUT2D eigenvalue weighted by Crippen LogP contribution is 2.20. The lowest BCUT2D eigenvalue weighted by molar-refractivity contribution is 0.0352. The number of aromatic nitrogens is 2. The quantitative estimate of drug-likeness (QED) is 0.846. The van der Waals surface area contributed by atoms with Gasteiger partial charge in [0.25, 0.3) is 0 Å². The van der Waals surface area contributed by atoms with Crippen molar-refractivity contribution in [1.82, 2.24) is 15.1 Å². The lowest BCUT2D eigenvalue weighted by Crippen LogP contribution is -2.25. The Morgan fingerprint density at radius 1 is 1.60 bits per heavy atom. The number of ether oxygens (including phenoxy) is 1. The van der Waals surface area contributed by atoms with Crippen LogP contribution in [0.5, 0.6) is 0 Å². The maximum Gasteiger partial charge on any atom is 0.0785 e. The number of halogens is 1. The van der Waals surface area contributed by atoms with Gasteiger partial charge in [-0.15, -0.1) is 0 Å². The molecule has 2 unspecified atom stereocenters. The van der Waals surface area contributed by atoms with Crippen LogP contribution in [0.25, 0.3) is 0 Å². The van der Waals surface area contributed by atoms with Crippen molar-refractivity contribution in [3.63, 3.8) is 0 Å². The Bertz CT molecular complexity index is 315. The average molecular weight is 230 g/mol. The zero-order chi connectivity index (χ0) is 10.7. The zero-order valence-corrected chi connectivity index (χ0v) is 9.57. The van der Waals surface area contributed by atoms with Crippen LogP contribution in [0.4, 0.5) is 0 Å².